The zero-order valence-corrected chi connectivity index (χ0v) is 19.3. The van der Waals surface area contributed by atoms with Crippen molar-refractivity contribution < 1.29 is 14.2 Å². The average molecular weight is 458 g/mol. The molecule has 1 aromatic heterocycles. The van der Waals surface area contributed by atoms with E-state index in [2.05, 4.69) is 12.2 Å². The highest BCUT2D eigenvalue weighted by Crippen LogP contribution is 2.32. The molecule has 0 bridgehead atoms. The van der Waals surface area contributed by atoms with Crippen LogP contribution in [0.1, 0.15) is 31.3 Å². The summed E-state index contributed by atoms with van der Waals surface area (Å²) in [6.45, 7) is 6.13. The van der Waals surface area contributed by atoms with Crippen molar-refractivity contribution >= 4 is 10.9 Å². The predicted molar refractivity (Wildman–Crippen MR) is 131 cm³/mol. The molecule has 1 N–H and O–H groups in total. The van der Waals surface area contributed by atoms with E-state index in [4.69, 9.17) is 19.2 Å². The number of rotatable bonds is 7. The molecule has 0 unspecified atom stereocenters. The minimum Gasteiger partial charge on any atom is -0.494 e. The zero-order chi connectivity index (χ0) is 23.5. The number of para-hydroxylation sites is 1. The van der Waals surface area contributed by atoms with Gasteiger partial charge in [0.25, 0.3) is 5.56 Å². The molecule has 4 aromatic rings. The number of nitrogens with zero attached hydrogens (tertiary/aromatic N) is 2. The zero-order valence-electron chi connectivity index (χ0n) is 19.3. The van der Waals surface area contributed by atoms with Gasteiger partial charge in [-0.05, 0) is 67.9 Å². The summed E-state index contributed by atoms with van der Waals surface area (Å²) in [5.41, 5.74) is 2.40. The van der Waals surface area contributed by atoms with Crippen LogP contribution in [0.15, 0.2) is 71.5 Å². The van der Waals surface area contributed by atoms with Gasteiger partial charge in [-0.15, -0.1) is 0 Å². The molecule has 174 valence electrons. The number of fused-ring (bicyclic) bond motifs is 2. The lowest BCUT2D eigenvalue weighted by Gasteiger charge is -2.21. The molecule has 34 heavy (non-hydrogen) atoms. The molecule has 0 radical (unpaired) electrons. The Balaban J connectivity index is 1.47. The van der Waals surface area contributed by atoms with Gasteiger partial charge in [0.1, 0.15) is 24.8 Å². The molecule has 0 saturated heterocycles. The molecule has 2 heterocycles. The largest absolute Gasteiger partial charge is 0.494 e. The Morgan fingerprint density at radius 3 is 2.59 bits per heavy atom. The normalized spacial score (nSPS) is 13.6. The van der Waals surface area contributed by atoms with Crippen molar-refractivity contribution in [3.63, 3.8) is 0 Å². The topological polar surface area (TPSA) is 74.6 Å². The molecule has 7 heteroatoms. The van der Waals surface area contributed by atoms with Gasteiger partial charge in [-0.1, -0.05) is 18.2 Å². The van der Waals surface area contributed by atoms with E-state index in [1.807, 2.05) is 73.7 Å². The van der Waals surface area contributed by atoms with E-state index in [-0.39, 0.29) is 11.6 Å². The van der Waals surface area contributed by atoms with Crippen LogP contribution in [-0.4, -0.2) is 29.4 Å². The van der Waals surface area contributed by atoms with Gasteiger partial charge in [-0.2, -0.15) is 0 Å². The highest BCUT2D eigenvalue weighted by Gasteiger charge is 2.17. The Hall–Kier alpha value is -3.84. The number of ether oxygens (including phenoxy) is 3. The lowest BCUT2D eigenvalue weighted by atomic mass is 10.1. The van der Waals surface area contributed by atoms with Gasteiger partial charge in [0.2, 0.25) is 0 Å². The van der Waals surface area contributed by atoms with Crippen LogP contribution in [-0.2, 0) is 6.54 Å². The molecule has 1 aliphatic rings. The van der Waals surface area contributed by atoms with Crippen molar-refractivity contribution in [2.45, 2.75) is 26.4 Å². The quantitative estimate of drug-likeness (QED) is 0.443. The molecule has 0 fully saturated rings. The third-order valence-corrected chi connectivity index (χ3v) is 5.88. The monoisotopic (exact) mass is 457 g/mol. The van der Waals surface area contributed by atoms with Crippen molar-refractivity contribution in [3.05, 3.63) is 88.5 Å². The van der Waals surface area contributed by atoms with Gasteiger partial charge in [-0.3, -0.25) is 9.36 Å². The van der Waals surface area contributed by atoms with Gasteiger partial charge in [-0.25, -0.2) is 4.98 Å². The Morgan fingerprint density at radius 2 is 1.79 bits per heavy atom. The first-order chi connectivity index (χ1) is 16.6. The molecule has 3 aromatic carbocycles. The molecular weight excluding hydrogens is 430 g/mol. The summed E-state index contributed by atoms with van der Waals surface area (Å²) in [5.74, 6) is 2.92. The summed E-state index contributed by atoms with van der Waals surface area (Å²) in [7, 11) is 0. The second-order valence-corrected chi connectivity index (χ2v) is 8.12. The van der Waals surface area contributed by atoms with Crippen LogP contribution in [0.25, 0.3) is 16.6 Å². The Labute approximate surface area is 197 Å². The fraction of sp³-hybridized carbons (Fsp3) is 0.259. The number of aromatic nitrogens is 2. The maximum absolute atomic E-state index is 13.5. The summed E-state index contributed by atoms with van der Waals surface area (Å²) >= 11 is 0. The third kappa shape index (κ3) is 4.34. The summed E-state index contributed by atoms with van der Waals surface area (Å²) in [6, 6.07) is 20.9. The van der Waals surface area contributed by atoms with E-state index < -0.39 is 0 Å². The smallest absolute Gasteiger partial charge is 0.266 e. The Kier molecular flexibility index (Phi) is 6.18. The average Bonchev–Trinajstić information content (AvgIpc) is 2.88. The van der Waals surface area contributed by atoms with Crippen molar-refractivity contribution in [2.75, 3.05) is 19.8 Å². The second kappa shape index (κ2) is 9.57. The minimum absolute atomic E-state index is 0.00739. The molecule has 5 rings (SSSR count). The van der Waals surface area contributed by atoms with Gasteiger partial charge in [0.15, 0.2) is 11.5 Å². The highest BCUT2D eigenvalue weighted by atomic mass is 16.6. The maximum atomic E-state index is 13.5. The standard InChI is InChI=1S/C27H27N3O4/c1-3-32-21-11-9-20(10-12-21)30-26(29-23-7-5-4-6-22(23)27(30)31)17-28-18(2)19-8-13-24-25(16-19)34-15-14-33-24/h4-13,16,18,28H,3,14-15,17H2,1-2H3/t18-/m0/s1. The molecule has 0 spiro atoms. The molecule has 1 atom stereocenters. The van der Waals surface area contributed by atoms with E-state index in [0.717, 1.165) is 28.5 Å². The van der Waals surface area contributed by atoms with E-state index in [0.29, 0.717) is 43.1 Å². The summed E-state index contributed by atoms with van der Waals surface area (Å²) in [5, 5.41) is 4.10. The first-order valence-electron chi connectivity index (χ1n) is 11.5. The highest BCUT2D eigenvalue weighted by molar-refractivity contribution is 5.77. The van der Waals surface area contributed by atoms with Gasteiger partial charge in [0, 0.05) is 6.04 Å². The third-order valence-electron chi connectivity index (χ3n) is 5.88. The van der Waals surface area contributed by atoms with Crippen LogP contribution in [0.3, 0.4) is 0 Å². The van der Waals surface area contributed by atoms with Crippen LogP contribution in [0.5, 0.6) is 17.2 Å². The van der Waals surface area contributed by atoms with Crippen LogP contribution in [0, 0.1) is 0 Å². The number of benzene rings is 3. The Morgan fingerprint density at radius 1 is 1.03 bits per heavy atom. The molecule has 0 saturated carbocycles. The van der Waals surface area contributed by atoms with Gasteiger partial charge >= 0.3 is 0 Å². The minimum atomic E-state index is -0.0986. The Bertz CT molecular complexity index is 1360. The van der Waals surface area contributed by atoms with E-state index in [1.165, 1.54) is 0 Å². The summed E-state index contributed by atoms with van der Waals surface area (Å²) < 4.78 is 18.6. The number of hydrogen-bond donors (Lipinski definition) is 1. The molecule has 7 nitrogen and oxygen atoms in total. The van der Waals surface area contributed by atoms with E-state index >= 15 is 0 Å². The van der Waals surface area contributed by atoms with Gasteiger partial charge in [0.05, 0.1) is 29.7 Å². The van der Waals surface area contributed by atoms with Crippen molar-refractivity contribution in [1.82, 2.24) is 14.9 Å². The molecule has 0 aliphatic carbocycles. The van der Waals surface area contributed by atoms with Crippen molar-refractivity contribution in [1.29, 1.82) is 0 Å². The van der Waals surface area contributed by atoms with Crippen molar-refractivity contribution in [3.8, 4) is 22.9 Å². The number of hydrogen-bond acceptors (Lipinski definition) is 6. The molecular formula is C27H27N3O4. The lowest BCUT2D eigenvalue weighted by molar-refractivity contribution is 0.171. The van der Waals surface area contributed by atoms with Crippen LogP contribution in [0.2, 0.25) is 0 Å². The molecule has 1 aliphatic heterocycles. The van der Waals surface area contributed by atoms with Gasteiger partial charge < -0.3 is 19.5 Å². The van der Waals surface area contributed by atoms with E-state index in [1.54, 1.807) is 4.57 Å². The second-order valence-electron chi connectivity index (χ2n) is 8.12. The van der Waals surface area contributed by atoms with Crippen LogP contribution < -0.4 is 25.1 Å². The fourth-order valence-electron chi connectivity index (χ4n) is 4.11. The SMILES string of the molecule is CCOc1ccc(-n2c(CN[C@@H](C)c3ccc4c(c3)OCCO4)nc3ccccc3c2=O)cc1. The predicted octanol–water partition coefficient (Wildman–Crippen LogP) is 4.41. The van der Waals surface area contributed by atoms with Crippen LogP contribution >= 0.6 is 0 Å². The van der Waals surface area contributed by atoms with Crippen molar-refractivity contribution in [2.24, 2.45) is 0 Å². The maximum Gasteiger partial charge on any atom is 0.266 e. The summed E-state index contributed by atoms with van der Waals surface area (Å²) in [4.78, 5) is 18.3. The van der Waals surface area contributed by atoms with Crippen LogP contribution in [0.4, 0.5) is 0 Å². The fourth-order valence-corrected chi connectivity index (χ4v) is 4.11. The summed E-state index contributed by atoms with van der Waals surface area (Å²) in [6.07, 6.45) is 0. The molecule has 0 amide bonds. The first kappa shape index (κ1) is 22.0. The first-order valence-corrected chi connectivity index (χ1v) is 11.5. The number of nitrogens with one attached hydrogen (secondary N) is 1. The van der Waals surface area contributed by atoms with E-state index in [9.17, 15) is 4.79 Å². The lowest BCUT2D eigenvalue weighted by Crippen LogP contribution is -2.28.